The zero-order chi connectivity index (χ0) is 10.8. The fraction of sp³-hybridized carbons (Fsp3) is 0.750. The Kier molecular flexibility index (Phi) is 3.10. The number of aromatic nitrogens is 2. The lowest BCUT2D eigenvalue weighted by Crippen LogP contribution is -2.24. The second-order valence-electron chi connectivity index (χ2n) is 4.74. The summed E-state index contributed by atoms with van der Waals surface area (Å²) >= 11 is 0. The lowest BCUT2D eigenvalue weighted by atomic mass is 10.1. The van der Waals surface area contributed by atoms with Gasteiger partial charge in [0.15, 0.2) is 0 Å². The second-order valence-corrected chi connectivity index (χ2v) is 4.74. The summed E-state index contributed by atoms with van der Waals surface area (Å²) in [7, 11) is 0. The molecule has 1 aliphatic rings. The van der Waals surface area contributed by atoms with E-state index >= 15 is 0 Å². The number of rotatable bonds is 5. The monoisotopic (exact) mass is 207 g/mol. The third-order valence-electron chi connectivity index (χ3n) is 3.09. The van der Waals surface area contributed by atoms with Crippen LogP contribution in [0.4, 0.5) is 0 Å². The van der Waals surface area contributed by atoms with Crippen molar-refractivity contribution in [1.82, 2.24) is 9.78 Å². The molecule has 84 valence electrons. The van der Waals surface area contributed by atoms with Gasteiger partial charge in [-0.05, 0) is 32.3 Å². The minimum absolute atomic E-state index is 0.318. The van der Waals surface area contributed by atoms with Crippen molar-refractivity contribution in [2.75, 3.05) is 0 Å². The predicted molar refractivity (Wildman–Crippen MR) is 61.7 cm³/mol. The summed E-state index contributed by atoms with van der Waals surface area (Å²) in [5, 5.41) is 4.44. The van der Waals surface area contributed by atoms with Crippen LogP contribution in [0.15, 0.2) is 6.07 Å². The molecule has 1 heterocycles. The average molecular weight is 207 g/mol. The van der Waals surface area contributed by atoms with Crippen molar-refractivity contribution in [3.63, 3.8) is 0 Å². The number of nitrogens with two attached hydrogens (primary N) is 1. The van der Waals surface area contributed by atoms with E-state index in [9.17, 15) is 0 Å². The second kappa shape index (κ2) is 4.35. The molecule has 0 amide bonds. The number of hydrogen-bond donors (Lipinski definition) is 1. The van der Waals surface area contributed by atoms with Gasteiger partial charge in [-0.15, -0.1) is 0 Å². The summed E-state index contributed by atoms with van der Waals surface area (Å²) in [6.45, 7) is 5.11. The third-order valence-corrected chi connectivity index (χ3v) is 3.09. The summed E-state index contributed by atoms with van der Waals surface area (Å²) < 4.78 is 2.07. The lowest BCUT2D eigenvalue weighted by molar-refractivity contribution is 0.530. The highest BCUT2D eigenvalue weighted by atomic mass is 15.3. The van der Waals surface area contributed by atoms with E-state index in [0.717, 1.165) is 24.6 Å². The maximum absolute atomic E-state index is 6.14. The summed E-state index contributed by atoms with van der Waals surface area (Å²) in [5.74, 6) is 0.916. The average Bonchev–Trinajstić information content (AvgIpc) is 2.90. The molecule has 0 bridgehead atoms. The zero-order valence-electron chi connectivity index (χ0n) is 9.74. The fourth-order valence-electron chi connectivity index (χ4n) is 2.17. The molecular weight excluding hydrogens is 186 g/mol. The molecule has 0 spiro atoms. The molecular formula is C12H21N3. The largest absolute Gasteiger partial charge is 0.327 e. The Balaban J connectivity index is 1.95. The van der Waals surface area contributed by atoms with Crippen LogP contribution in [0.3, 0.4) is 0 Å². The van der Waals surface area contributed by atoms with Crippen LogP contribution >= 0.6 is 0 Å². The molecule has 2 rings (SSSR count). The normalized spacial score (nSPS) is 18.1. The molecule has 0 aromatic carbocycles. The van der Waals surface area contributed by atoms with E-state index < -0.39 is 0 Å². The maximum atomic E-state index is 6.14. The van der Waals surface area contributed by atoms with Crippen molar-refractivity contribution < 1.29 is 0 Å². The zero-order valence-corrected chi connectivity index (χ0v) is 9.74. The summed E-state index contributed by atoms with van der Waals surface area (Å²) in [5.41, 5.74) is 8.54. The van der Waals surface area contributed by atoms with Crippen LogP contribution in [-0.2, 0) is 13.0 Å². The highest BCUT2D eigenvalue weighted by Crippen LogP contribution is 2.33. The first kappa shape index (κ1) is 10.7. The molecule has 1 fully saturated rings. The Morgan fingerprint density at radius 2 is 2.33 bits per heavy atom. The van der Waals surface area contributed by atoms with Crippen molar-refractivity contribution in [2.24, 2.45) is 11.7 Å². The van der Waals surface area contributed by atoms with Crippen LogP contribution in [0.5, 0.6) is 0 Å². The number of aryl methyl sites for hydroxylation is 2. The first-order chi connectivity index (χ1) is 7.19. The van der Waals surface area contributed by atoms with Gasteiger partial charge >= 0.3 is 0 Å². The van der Waals surface area contributed by atoms with Gasteiger partial charge < -0.3 is 5.73 Å². The smallest absolute Gasteiger partial charge is 0.0596 e. The Morgan fingerprint density at radius 3 is 2.93 bits per heavy atom. The van der Waals surface area contributed by atoms with Gasteiger partial charge in [-0.1, -0.05) is 12.8 Å². The quantitative estimate of drug-likeness (QED) is 0.801. The van der Waals surface area contributed by atoms with Crippen LogP contribution in [0.25, 0.3) is 0 Å². The van der Waals surface area contributed by atoms with Crippen molar-refractivity contribution in [2.45, 2.75) is 52.1 Å². The molecule has 0 aliphatic heterocycles. The van der Waals surface area contributed by atoms with Crippen LogP contribution in [0.2, 0.25) is 0 Å². The van der Waals surface area contributed by atoms with E-state index in [1.165, 1.54) is 25.0 Å². The highest BCUT2D eigenvalue weighted by Gasteiger charge is 2.24. The Morgan fingerprint density at radius 1 is 1.60 bits per heavy atom. The van der Waals surface area contributed by atoms with E-state index in [0.29, 0.717) is 6.04 Å². The standard InChI is InChI=1S/C12H21N3/c1-3-15-12(6-9(2)14-15)8-11(13)7-10-4-5-10/h6,10-11H,3-5,7-8,13H2,1-2H3. The van der Waals surface area contributed by atoms with Crippen LogP contribution < -0.4 is 5.73 Å². The van der Waals surface area contributed by atoms with Gasteiger partial charge in [-0.3, -0.25) is 4.68 Å². The summed E-state index contributed by atoms with van der Waals surface area (Å²) in [6, 6.07) is 2.48. The van der Waals surface area contributed by atoms with Gasteiger partial charge in [-0.2, -0.15) is 5.10 Å². The molecule has 0 saturated heterocycles. The first-order valence-electron chi connectivity index (χ1n) is 5.98. The number of hydrogen-bond acceptors (Lipinski definition) is 2. The molecule has 2 N–H and O–H groups in total. The molecule has 0 radical (unpaired) electrons. The maximum Gasteiger partial charge on any atom is 0.0596 e. The van der Waals surface area contributed by atoms with Crippen molar-refractivity contribution >= 4 is 0 Å². The summed E-state index contributed by atoms with van der Waals surface area (Å²) in [6.07, 6.45) is 4.94. The molecule has 1 aromatic heterocycles. The first-order valence-corrected chi connectivity index (χ1v) is 5.98. The van der Waals surface area contributed by atoms with Gasteiger partial charge in [0, 0.05) is 24.7 Å². The van der Waals surface area contributed by atoms with E-state index in [1.807, 2.05) is 6.92 Å². The molecule has 1 saturated carbocycles. The molecule has 3 nitrogen and oxygen atoms in total. The van der Waals surface area contributed by atoms with E-state index in [1.54, 1.807) is 0 Å². The van der Waals surface area contributed by atoms with Crippen molar-refractivity contribution in [3.8, 4) is 0 Å². The van der Waals surface area contributed by atoms with E-state index in [4.69, 9.17) is 5.73 Å². The van der Waals surface area contributed by atoms with Gasteiger partial charge in [-0.25, -0.2) is 0 Å². The minimum Gasteiger partial charge on any atom is -0.327 e. The van der Waals surface area contributed by atoms with Gasteiger partial charge in [0.05, 0.1) is 5.69 Å². The summed E-state index contributed by atoms with van der Waals surface area (Å²) in [4.78, 5) is 0. The Labute approximate surface area is 91.7 Å². The topological polar surface area (TPSA) is 43.8 Å². The molecule has 1 unspecified atom stereocenters. The van der Waals surface area contributed by atoms with Crippen molar-refractivity contribution in [1.29, 1.82) is 0 Å². The molecule has 3 heteroatoms. The van der Waals surface area contributed by atoms with Crippen LogP contribution in [0.1, 0.15) is 37.6 Å². The molecule has 15 heavy (non-hydrogen) atoms. The van der Waals surface area contributed by atoms with E-state index in [2.05, 4.69) is 22.8 Å². The highest BCUT2D eigenvalue weighted by molar-refractivity contribution is 5.10. The molecule has 1 aliphatic carbocycles. The third kappa shape index (κ3) is 2.81. The molecule has 1 atom stereocenters. The van der Waals surface area contributed by atoms with Gasteiger partial charge in [0.1, 0.15) is 0 Å². The Hall–Kier alpha value is -0.830. The Bertz CT molecular complexity index is 326. The van der Waals surface area contributed by atoms with Crippen molar-refractivity contribution in [3.05, 3.63) is 17.5 Å². The van der Waals surface area contributed by atoms with Crippen LogP contribution in [0, 0.1) is 12.8 Å². The lowest BCUT2D eigenvalue weighted by Gasteiger charge is -2.11. The SMILES string of the molecule is CCn1nc(C)cc1CC(N)CC1CC1. The van der Waals surface area contributed by atoms with Crippen LogP contribution in [-0.4, -0.2) is 15.8 Å². The predicted octanol–water partition coefficient (Wildman–Crippen LogP) is 1.88. The fourth-order valence-corrected chi connectivity index (χ4v) is 2.17. The van der Waals surface area contributed by atoms with E-state index in [-0.39, 0.29) is 0 Å². The molecule has 1 aromatic rings. The van der Waals surface area contributed by atoms with Gasteiger partial charge in [0.25, 0.3) is 0 Å². The van der Waals surface area contributed by atoms with Gasteiger partial charge in [0.2, 0.25) is 0 Å². The number of nitrogens with zero attached hydrogens (tertiary/aromatic N) is 2. The minimum atomic E-state index is 0.318.